The highest BCUT2D eigenvalue weighted by Gasteiger charge is 2.00. The zero-order valence-electron chi connectivity index (χ0n) is 7.92. The number of para-hydroxylation sites is 2. The first-order valence-corrected chi connectivity index (χ1v) is 5.54. The summed E-state index contributed by atoms with van der Waals surface area (Å²) in [6.45, 7) is 0. The third-order valence-corrected chi connectivity index (χ3v) is 2.98. The Morgan fingerprint density at radius 2 is 2.07 bits per heavy atom. The van der Waals surface area contributed by atoms with Crippen LogP contribution in [0.25, 0.3) is 11.0 Å². The van der Waals surface area contributed by atoms with E-state index in [9.17, 15) is 0 Å². The number of benzene rings is 1. The fourth-order valence-electron chi connectivity index (χ4n) is 1.51. The van der Waals surface area contributed by atoms with E-state index in [4.69, 9.17) is 0 Å². The summed E-state index contributed by atoms with van der Waals surface area (Å²) in [6.07, 6.45) is 1.80. The molecule has 0 bridgehead atoms. The smallest absolute Gasteiger partial charge is 0.116 e. The maximum absolute atomic E-state index is 4.30. The molecule has 3 nitrogen and oxygen atoms in total. The van der Waals surface area contributed by atoms with Crippen LogP contribution in [0.3, 0.4) is 0 Å². The van der Waals surface area contributed by atoms with Crippen molar-refractivity contribution in [2.45, 2.75) is 0 Å². The Balaban J connectivity index is 2.05. The number of fused-ring (bicyclic) bond motifs is 1. The molecule has 0 radical (unpaired) electrons. The van der Waals surface area contributed by atoms with Gasteiger partial charge in [0.1, 0.15) is 11.3 Å². The lowest BCUT2D eigenvalue weighted by Gasteiger charge is -2.04. The van der Waals surface area contributed by atoms with Gasteiger partial charge in [0.15, 0.2) is 0 Å². The molecule has 0 spiro atoms. The summed E-state index contributed by atoms with van der Waals surface area (Å²) < 4.78 is 1.93. The van der Waals surface area contributed by atoms with E-state index >= 15 is 0 Å². The van der Waals surface area contributed by atoms with Gasteiger partial charge in [0.2, 0.25) is 0 Å². The van der Waals surface area contributed by atoms with Gasteiger partial charge in [-0.3, -0.25) is 5.43 Å². The largest absolute Gasteiger partial charge is 0.283 e. The quantitative estimate of drug-likeness (QED) is 0.712. The number of hydrogen-bond donors (Lipinski definition) is 1. The second-order valence-corrected chi connectivity index (χ2v) is 4.14. The lowest BCUT2D eigenvalue weighted by atomic mass is 10.3. The van der Waals surface area contributed by atoms with Crippen LogP contribution in [-0.4, -0.2) is 9.66 Å². The van der Waals surface area contributed by atoms with Gasteiger partial charge in [-0.15, -0.1) is 11.3 Å². The van der Waals surface area contributed by atoms with Gasteiger partial charge < -0.3 is 0 Å². The van der Waals surface area contributed by atoms with Crippen LogP contribution in [0.15, 0.2) is 48.1 Å². The van der Waals surface area contributed by atoms with Crippen LogP contribution in [0.1, 0.15) is 0 Å². The molecule has 1 aromatic carbocycles. The average Bonchev–Trinajstić information content (AvgIpc) is 2.89. The number of nitrogens with zero attached hydrogens (tertiary/aromatic N) is 2. The Morgan fingerprint density at radius 1 is 1.13 bits per heavy atom. The molecule has 0 atom stereocenters. The van der Waals surface area contributed by atoms with Gasteiger partial charge in [-0.1, -0.05) is 12.1 Å². The fourth-order valence-corrected chi connectivity index (χ4v) is 2.12. The molecule has 2 aromatic heterocycles. The van der Waals surface area contributed by atoms with Crippen LogP contribution < -0.4 is 5.43 Å². The van der Waals surface area contributed by atoms with Crippen LogP contribution in [-0.2, 0) is 0 Å². The molecule has 15 heavy (non-hydrogen) atoms. The Kier molecular flexibility index (Phi) is 1.93. The van der Waals surface area contributed by atoms with E-state index in [0.717, 1.165) is 16.0 Å². The summed E-state index contributed by atoms with van der Waals surface area (Å²) in [5.74, 6) is 0. The molecule has 4 heteroatoms. The van der Waals surface area contributed by atoms with Crippen molar-refractivity contribution in [3.63, 3.8) is 0 Å². The van der Waals surface area contributed by atoms with E-state index in [-0.39, 0.29) is 0 Å². The van der Waals surface area contributed by atoms with Crippen molar-refractivity contribution in [3.05, 3.63) is 48.1 Å². The summed E-state index contributed by atoms with van der Waals surface area (Å²) in [7, 11) is 0. The highest BCUT2D eigenvalue weighted by atomic mass is 32.1. The number of aromatic nitrogens is 2. The molecule has 74 valence electrons. The molecule has 0 aliphatic rings. The predicted molar refractivity (Wildman–Crippen MR) is 63.1 cm³/mol. The molecule has 0 saturated carbocycles. The second kappa shape index (κ2) is 3.40. The zero-order chi connectivity index (χ0) is 10.1. The Morgan fingerprint density at radius 3 is 2.93 bits per heavy atom. The van der Waals surface area contributed by atoms with Crippen molar-refractivity contribution >= 4 is 27.4 Å². The van der Waals surface area contributed by atoms with Crippen molar-refractivity contribution in [3.8, 4) is 0 Å². The lowest BCUT2D eigenvalue weighted by Crippen LogP contribution is -2.05. The number of rotatable bonds is 2. The predicted octanol–water partition coefficient (Wildman–Crippen LogP) is 2.97. The minimum absolute atomic E-state index is 1.00. The molecule has 0 amide bonds. The molecule has 0 aliphatic heterocycles. The minimum Gasteiger partial charge on any atom is -0.283 e. The summed E-state index contributed by atoms with van der Waals surface area (Å²) in [5, 5.41) is 3.15. The number of hydrogen-bond acceptors (Lipinski definition) is 3. The third-order valence-electron chi connectivity index (χ3n) is 2.21. The number of nitrogens with one attached hydrogen (secondary N) is 1. The van der Waals surface area contributed by atoms with Crippen molar-refractivity contribution in [2.75, 3.05) is 5.43 Å². The van der Waals surface area contributed by atoms with Crippen LogP contribution in [0.5, 0.6) is 0 Å². The summed E-state index contributed by atoms with van der Waals surface area (Å²) in [5.41, 5.74) is 5.37. The normalized spacial score (nSPS) is 10.7. The van der Waals surface area contributed by atoms with E-state index in [0.29, 0.717) is 0 Å². The van der Waals surface area contributed by atoms with Crippen LogP contribution in [0, 0.1) is 0 Å². The summed E-state index contributed by atoms with van der Waals surface area (Å²) >= 11 is 1.67. The Hall–Kier alpha value is -1.81. The fraction of sp³-hybridized carbons (Fsp3) is 0. The standard InChI is InChI=1S/C11H9N3S/c1-2-5-10-9(4-1)12-8-14(10)13-11-6-3-7-15-11/h1-8,13H. The molecule has 0 aliphatic carbocycles. The van der Waals surface area contributed by atoms with Crippen LogP contribution in [0.4, 0.5) is 5.00 Å². The van der Waals surface area contributed by atoms with E-state index in [2.05, 4.69) is 10.4 Å². The molecule has 3 aromatic rings. The van der Waals surface area contributed by atoms with Gasteiger partial charge >= 0.3 is 0 Å². The van der Waals surface area contributed by atoms with Gasteiger partial charge in [0.25, 0.3) is 0 Å². The topological polar surface area (TPSA) is 29.9 Å². The highest BCUT2D eigenvalue weighted by molar-refractivity contribution is 7.14. The lowest BCUT2D eigenvalue weighted by molar-refractivity contribution is 0.996. The van der Waals surface area contributed by atoms with E-state index < -0.39 is 0 Å². The third kappa shape index (κ3) is 1.49. The number of thiophene rings is 1. The first kappa shape index (κ1) is 8.49. The summed E-state index contributed by atoms with van der Waals surface area (Å²) in [4.78, 5) is 4.30. The molecular formula is C11H9N3S. The monoisotopic (exact) mass is 215 g/mol. The first-order chi connectivity index (χ1) is 7.43. The molecule has 0 fully saturated rings. The first-order valence-electron chi connectivity index (χ1n) is 4.66. The van der Waals surface area contributed by atoms with Crippen molar-refractivity contribution in [1.82, 2.24) is 9.66 Å². The van der Waals surface area contributed by atoms with Gasteiger partial charge in [0.05, 0.1) is 11.0 Å². The zero-order valence-corrected chi connectivity index (χ0v) is 8.74. The van der Waals surface area contributed by atoms with Crippen LogP contribution in [0.2, 0.25) is 0 Å². The maximum atomic E-state index is 4.30. The van der Waals surface area contributed by atoms with E-state index in [1.165, 1.54) is 0 Å². The summed E-state index contributed by atoms with van der Waals surface area (Å²) in [6, 6.07) is 12.1. The number of imidazole rings is 1. The van der Waals surface area contributed by atoms with E-state index in [1.807, 2.05) is 46.5 Å². The SMILES string of the molecule is c1csc(Nn2cnc3ccccc32)c1. The molecule has 1 N–H and O–H groups in total. The maximum Gasteiger partial charge on any atom is 0.116 e. The van der Waals surface area contributed by atoms with E-state index in [1.54, 1.807) is 17.7 Å². The van der Waals surface area contributed by atoms with Crippen molar-refractivity contribution < 1.29 is 0 Å². The minimum atomic E-state index is 1.00. The number of anilines is 1. The molecule has 3 rings (SSSR count). The molecule has 2 heterocycles. The Bertz CT molecular complexity index is 568. The van der Waals surface area contributed by atoms with Crippen LogP contribution >= 0.6 is 11.3 Å². The van der Waals surface area contributed by atoms with Crippen molar-refractivity contribution in [2.24, 2.45) is 0 Å². The Labute approximate surface area is 91.0 Å². The van der Waals surface area contributed by atoms with Crippen molar-refractivity contribution in [1.29, 1.82) is 0 Å². The second-order valence-electron chi connectivity index (χ2n) is 3.19. The van der Waals surface area contributed by atoms with Gasteiger partial charge in [-0.25, -0.2) is 9.66 Å². The van der Waals surface area contributed by atoms with Gasteiger partial charge in [-0.05, 0) is 29.6 Å². The average molecular weight is 215 g/mol. The van der Waals surface area contributed by atoms with Gasteiger partial charge in [0, 0.05) is 0 Å². The molecule has 0 unspecified atom stereocenters. The molecular weight excluding hydrogens is 206 g/mol. The molecule has 0 saturated heterocycles. The van der Waals surface area contributed by atoms with Gasteiger partial charge in [-0.2, -0.15) is 0 Å². The highest BCUT2D eigenvalue weighted by Crippen LogP contribution is 2.17.